The molecular weight excluding hydrogens is 456 g/mol. The minimum Gasteiger partial charge on any atom is -0.0737 e. The van der Waals surface area contributed by atoms with E-state index in [9.17, 15) is 0 Å². The van der Waals surface area contributed by atoms with Crippen molar-refractivity contribution in [3.05, 3.63) is 144 Å². The molecule has 1 aliphatic carbocycles. The van der Waals surface area contributed by atoms with E-state index in [0.717, 1.165) is 6.42 Å². The highest BCUT2D eigenvalue weighted by Crippen LogP contribution is 2.47. The van der Waals surface area contributed by atoms with Gasteiger partial charge in [0.2, 0.25) is 0 Å². The SMILES string of the molecule is CC1=CC(c2c3ccccc3c(-c3cc4ccccc4cc3-c3ccccc3)c3ccccc23)CC(C)=C1. The maximum absolute atomic E-state index is 2.46. The third kappa shape index (κ3) is 3.76. The summed E-state index contributed by atoms with van der Waals surface area (Å²) in [6.45, 7) is 4.50. The van der Waals surface area contributed by atoms with Gasteiger partial charge in [0, 0.05) is 5.92 Å². The second-order valence-electron chi connectivity index (χ2n) is 10.7. The van der Waals surface area contributed by atoms with Crippen LogP contribution in [0.5, 0.6) is 0 Å². The number of allylic oxidation sites excluding steroid dienone is 4. The molecule has 1 aliphatic rings. The Morgan fingerprint density at radius 2 is 1.08 bits per heavy atom. The molecule has 0 nitrogen and oxygen atoms in total. The van der Waals surface area contributed by atoms with E-state index >= 15 is 0 Å². The van der Waals surface area contributed by atoms with Gasteiger partial charge in [-0.3, -0.25) is 0 Å². The average molecular weight is 487 g/mol. The molecular formula is C38H30. The van der Waals surface area contributed by atoms with Crippen molar-refractivity contribution in [2.75, 3.05) is 0 Å². The van der Waals surface area contributed by atoms with Crippen molar-refractivity contribution in [3.8, 4) is 22.3 Å². The number of rotatable bonds is 3. The van der Waals surface area contributed by atoms with Crippen molar-refractivity contribution in [1.82, 2.24) is 0 Å². The molecule has 0 aliphatic heterocycles. The third-order valence-corrected chi connectivity index (χ3v) is 8.06. The van der Waals surface area contributed by atoms with Gasteiger partial charge in [-0.2, -0.15) is 0 Å². The van der Waals surface area contributed by atoms with E-state index in [4.69, 9.17) is 0 Å². The first-order valence-corrected chi connectivity index (χ1v) is 13.5. The van der Waals surface area contributed by atoms with Crippen molar-refractivity contribution >= 4 is 32.3 Å². The average Bonchev–Trinajstić information content (AvgIpc) is 2.95. The monoisotopic (exact) mass is 486 g/mol. The van der Waals surface area contributed by atoms with Gasteiger partial charge in [0.1, 0.15) is 0 Å². The fourth-order valence-electron chi connectivity index (χ4n) is 6.56. The number of hydrogen-bond acceptors (Lipinski definition) is 0. The van der Waals surface area contributed by atoms with Crippen LogP contribution in [0.3, 0.4) is 0 Å². The molecule has 0 heterocycles. The Morgan fingerprint density at radius 3 is 1.68 bits per heavy atom. The molecule has 0 amide bonds. The predicted molar refractivity (Wildman–Crippen MR) is 165 cm³/mol. The van der Waals surface area contributed by atoms with Gasteiger partial charge < -0.3 is 0 Å². The summed E-state index contributed by atoms with van der Waals surface area (Å²) in [6, 6.07) is 42.5. The second-order valence-corrected chi connectivity index (χ2v) is 10.7. The van der Waals surface area contributed by atoms with Crippen LogP contribution < -0.4 is 0 Å². The predicted octanol–water partition coefficient (Wildman–Crippen LogP) is 10.9. The van der Waals surface area contributed by atoms with Crippen molar-refractivity contribution in [3.63, 3.8) is 0 Å². The molecule has 6 aromatic rings. The van der Waals surface area contributed by atoms with Gasteiger partial charge in [-0.05, 0) is 92.5 Å². The van der Waals surface area contributed by atoms with Gasteiger partial charge in [-0.15, -0.1) is 0 Å². The van der Waals surface area contributed by atoms with E-state index in [-0.39, 0.29) is 0 Å². The van der Waals surface area contributed by atoms with E-state index < -0.39 is 0 Å². The summed E-state index contributed by atoms with van der Waals surface area (Å²) in [7, 11) is 0. The zero-order valence-electron chi connectivity index (χ0n) is 21.9. The Labute approximate surface area is 224 Å². The first-order valence-electron chi connectivity index (χ1n) is 13.5. The van der Waals surface area contributed by atoms with Crippen LogP contribution in [-0.2, 0) is 0 Å². The first kappa shape index (κ1) is 22.8. The van der Waals surface area contributed by atoms with Crippen molar-refractivity contribution < 1.29 is 0 Å². The fourth-order valence-corrected chi connectivity index (χ4v) is 6.56. The Morgan fingerprint density at radius 1 is 0.553 bits per heavy atom. The molecule has 1 unspecified atom stereocenters. The minimum absolute atomic E-state index is 0.369. The van der Waals surface area contributed by atoms with Crippen molar-refractivity contribution in [1.29, 1.82) is 0 Å². The fraction of sp³-hybridized carbons (Fsp3) is 0.105. The van der Waals surface area contributed by atoms with Crippen LogP contribution in [0.1, 0.15) is 31.7 Å². The molecule has 6 aromatic carbocycles. The quantitative estimate of drug-likeness (QED) is 0.218. The van der Waals surface area contributed by atoms with Crippen LogP contribution in [0, 0.1) is 0 Å². The summed E-state index contributed by atoms with van der Waals surface area (Å²) in [5.74, 6) is 0.369. The largest absolute Gasteiger partial charge is 0.0737 e. The Balaban J connectivity index is 1.63. The zero-order chi connectivity index (χ0) is 25.6. The molecule has 0 aromatic heterocycles. The summed E-state index contributed by atoms with van der Waals surface area (Å²) in [5, 5.41) is 7.91. The molecule has 0 N–H and O–H groups in total. The number of hydrogen-bond donors (Lipinski definition) is 0. The molecule has 0 saturated heterocycles. The number of benzene rings is 6. The second kappa shape index (κ2) is 9.15. The molecule has 7 rings (SSSR count). The summed E-state index contributed by atoms with van der Waals surface area (Å²) < 4.78 is 0. The van der Waals surface area contributed by atoms with Crippen LogP contribution >= 0.6 is 0 Å². The molecule has 0 bridgehead atoms. The molecule has 0 heteroatoms. The van der Waals surface area contributed by atoms with E-state index in [1.165, 1.54) is 71.3 Å². The minimum atomic E-state index is 0.369. The Bertz CT molecular complexity index is 1840. The van der Waals surface area contributed by atoms with Gasteiger partial charge in [0.15, 0.2) is 0 Å². The van der Waals surface area contributed by atoms with Crippen LogP contribution in [0.25, 0.3) is 54.6 Å². The van der Waals surface area contributed by atoms with Crippen LogP contribution in [0.15, 0.2) is 139 Å². The maximum Gasteiger partial charge on any atom is 0.00731 e. The topological polar surface area (TPSA) is 0 Å². The molecule has 0 saturated carbocycles. The highest BCUT2D eigenvalue weighted by Gasteiger charge is 2.23. The van der Waals surface area contributed by atoms with E-state index in [1.54, 1.807) is 0 Å². The van der Waals surface area contributed by atoms with Gasteiger partial charge in [0.25, 0.3) is 0 Å². The number of fused-ring (bicyclic) bond motifs is 3. The molecule has 0 radical (unpaired) electrons. The highest BCUT2D eigenvalue weighted by molar-refractivity contribution is 6.18. The standard InChI is InChI=1S/C38H30/c1-25-20-26(2)22-30(21-25)37-31-16-8-10-18-33(31)38(34-19-11-9-17-32(34)37)36-24-29-15-7-6-14-28(29)23-35(36)27-12-4-3-5-13-27/h3-21,23-24,30H,22H2,1-2H3. The highest BCUT2D eigenvalue weighted by atomic mass is 14.3. The van der Waals surface area contributed by atoms with Gasteiger partial charge >= 0.3 is 0 Å². The summed E-state index contributed by atoms with van der Waals surface area (Å²) in [5.41, 5.74) is 9.41. The van der Waals surface area contributed by atoms with Crippen LogP contribution in [0.4, 0.5) is 0 Å². The van der Waals surface area contributed by atoms with Crippen molar-refractivity contribution in [2.45, 2.75) is 26.2 Å². The van der Waals surface area contributed by atoms with Crippen LogP contribution in [-0.4, -0.2) is 0 Å². The smallest absolute Gasteiger partial charge is 0.00731 e. The molecule has 0 fully saturated rings. The molecule has 1 atom stereocenters. The third-order valence-electron chi connectivity index (χ3n) is 8.06. The molecule has 38 heavy (non-hydrogen) atoms. The van der Waals surface area contributed by atoms with Crippen molar-refractivity contribution in [2.24, 2.45) is 0 Å². The lowest BCUT2D eigenvalue weighted by molar-refractivity contribution is 0.816. The van der Waals surface area contributed by atoms with E-state index in [0.29, 0.717) is 5.92 Å². The van der Waals surface area contributed by atoms with E-state index in [1.807, 2.05) is 0 Å². The Kier molecular flexibility index (Phi) is 5.48. The van der Waals surface area contributed by atoms with Crippen LogP contribution in [0.2, 0.25) is 0 Å². The van der Waals surface area contributed by atoms with Gasteiger partial charge in [-0.25, -0.2) is 0 Å². The molecule has 0 spiro atoms. The summed E-state index contributed by atoms with van der Waals surface area (Å²) in [4.78, 5) is 0. The summed E-state index contributed by atoms with van der Waals surface area (Å²) >= 11 is 0. The lowest BCUT2D eigenvalue weighted by Crippen LogP contribution is -2.04. The lowest BCUT2D eigenvalue weighted by Gasteiger charge is -2.25. The normalized spacial score (nSPS) is 15.6. The Hall–Kier alpha value is -4.42. The van der Waals surface area contributed by atoms with E-state index in [2.05, 4.69) is 141 Å². The molecule has 182 valence electrons. The van der Waals surface area contributed by atoms with Gasteiger partial charge in [-0.1, -0.05) is 126 Å². The summed E-state index contributed by atoms with van der Waals surface area (Å²) in [6.07, 6.45) is 5.86. The lowest BCUT2D eigenvalue weighted by atomic mass is 9.78. The first-order chi connectivity index (χ1) is 18.7. The van der Waals surface area contributed by atoms with Gasteiger partial charge in [0.05, 0.1) is 0 Å². The maximum atomic E-state index is 2.46. The zero-order valence-corrected chi connectivity index (χ0v) is 21.9.